The fourth-order valence-electron chi connectivity index (χ4n) is 2.03. The average molecular weight is 277 g/mol. The minimum Gasteiger partial charge on any atom is -0.313 e. The molecule has 0 unspecified atom stereocenters. The number of fused-ring (bicyclic) bond motifs is 1. The van der Waals surface area contributed by atoms with Gasteiger partial charge >= 0.3 is 0 Å². The predicted octanol–water partition coefficient (Wildman–Crippen LogP) is 4.41. The van der Waals surface area contributed by atoms with Gasteiger partial charge in [-0.2, -0.15) is 0 Å². The highest BCUT2D eigenvalue weighted by Crippen LogP contribution is 2.24. The summed E-state index contributed by atoms with van der Waals surface area (Å²) in [5, 5.41) is 5.28. The Hall–Kier alpha value is -1.12. The number of nitrogens with zero attached hydrogens (tertiary/aromatic N) is 1. The lowest BCUT2D eigenvalue weighted by atomic mass is 9.92. The topological polar surface area (TPSA) is 24.9 Å². The molecule has 0 spiro atoms. The van der Waals surface area contributed by atoms with Crippen molar-refractivity contribution in [3.8, 4) is 0 Å². The van der Waals surface area contributed by atoms with Gasteiger partial charge in [-0.15, -0.1) is 0 Å². The molecular formula is C16H21ClN2. The van der Waals surface area contributed by atoms with Crippen molar-refractivity contribution < 1.29 is 0 Å². The van der Waals surface area contributed by atoms with Crippen molar-refractivity contribution in [1.82, 2.24) is 10.3 Å². The van der Waals surface area contributed by atoms with Gasteiger partial charge < -0.3 is 5.32 Å². The molecule has 1 heterocycles. The minimum atomic E-state index is 0.368. The third-order valence-corrected chi connectivity index (χ3v) is 3.50. The maximum atomic E-state index is 6.19. The lowest BCUT2D eigenvalue weighted by Gasteiger charge is -2.18. The van der Waals surface area contributed by atoms with Crippen LogP contribution in [0.4, 0.5) is 0 Å². The maximum Gasteiger partial charge on any atom is 0.0761 e. The largest absolute Gasteiger partial charge is 0.313 e. The standard InChI is InChI=1S/C16H21ClN2/c1-16(2,3)8-10-18-11-12-6-7-14(17)13-5-4-9-19-15(12)13/h4-7,9,18H,8,10-11H2,1-3H3. The van der Waals surface area contributed by atoms with Crippen molar-refractivity contribution in [2.75, 3.05) is 6.54 Å². The zero-order valence-corrected chi connectivity index (χ0v) is 12.6. The first-order valence-electron chi connectivity index (χ1n) is 6.70. The number of pyridine rings is 1. The summed E-state index contributed by atoms with van der Waals surface area (Å²) in [6, 6.07) is 7.95. The molecule has 0 radical (unpaired) electrons. The summed E-state index contributed by atoms with van der Waals surface area (Å²) >= 11 is 6.19. The predicted molar refractivity (Wildman–Crippen MR) is 82.5 cm³/mol. The summed E-state index contributed by atoms with van der Waals surface area (Å²) in [5.74, 6) is 0. The number of benzene rings is 1. The van der Waals surface area contributed by atoms with Gasteiger partial charge in [0.2, 0.25) is 0 Å². The van der Waals surface area contributed by atoms with E-state index in [1.807, 2.05) is 24.4 Å². The van der Waals surface area contributed by atoms with E-state index in [0.29, 0.717) is 5.41 Å². The molecule has 0 atom stereocenters. The SMILES string of the molecule is CC(C)(C)CCNCc1ccc(Cl)c2cccnc12. The zero-order valence-electron chi connectivity index (χ0n) is 11.8. The Kier molecular flexibility index (Phi) is 4.43. The Morgan fingerprint density at radius 3 is 2.74 bits per heavy atom. The van der Waals surface area contributed by atoms with Crippen LogP contribution in [0.5, 0.6) is 0 Å². The van der Waals surface area contributed by atoms with Crippen LogP contribution in [0.2, 0.25) is 5.02 Å². The van der Waals surface area contributed by atoms with Gasteiger partial charge in [-0.1, -0.05) is 38.4 Å². The number of aromatic nitrogens is 1. The molecule has 0 aliphatic carbocycles. The highest BCUT2D eigenvalue weighted by atomic mass is 35.5. The van der Waals surface area contributed by atoms with E-state index in [4.69, 9.17) is 11.6 Å². The van der Waals surface area contributed by atoms with Gasteiger partial charge in [0, 0.05) is 23.2 Å². The monoisotopic (exact) mass is 276 g/mol. The second kappa shape index (κ2) is 5.89. The molecule has 0 amide bonds. The highest BCUT2D eigenvalue weighted by Gasteiger charge is 2.09. The van der Waals surface area contributed by atoms with Gasteiger partial charge in [-0.05, 0) is 42.1 Å². The lowest BCUT2D eigenvalue weighted by Crippen LogP contribution is -2.20. The molecule has 2 rings (SSSR count). The Balaban J connectivity index is 2.07. The van der Waals surface area contributed by atoms with Gasteiger partial charge in [0.25, 0.3) is 0 Å². The fourth-order valence-corrected chi connectivity index (χ4v) is 2.24. The van der Waals surface area contributed by atoms with E-state index in [0.717, 1.165) is 35.4 Å². The Labute approximate surface area is 120 Å². The number of rotatable bonds is 4. The molecule has 0 fully saturated rings. The van der Waals surface area contributed by atoms with Crippen molar-refractivity contribution in [3.05, 3.63) is 41.0 Å². The van der Waals surface area contributed by atoms with Gasteiger partial charge in [0.1, 0.15) is 0 Å². The van der Waals surface area contributed by atoms with Gasteiger partial charge in [-0.25, -0.2) is 0 Å². The average Bonchev–Trinajstić information content (AvgIpc) is 2.36. The fraction of sp³-hybridized carbons (Fsp3) is 0.438. The molecule has 0 saturated heterocycles. The number of hydrogen-bond donors (Lipinski definition) is 1. The van der Waals surface area contributed by atoms with E-state index in [1.165, 1.54) is 5.56 Å². The summed E-state index contributed by atoms with van der Waals surface area (Å²) in [6.45, 7) is 8.62. The van der Waals surface area contributed by atoms with Crippen LogP contribution in [0.25, 0.3) is 10.9 Å². The first-order chi connectivity index (χ1) is 8.97. The zero-order chi connectivity index (χ0) is 13.9. The third-order valence-electron chi connectivity index (χ3n) is 3.17. The van der Waals surface area contributed by atoms with Crippen molar-refractivity contribution in [2.24, 2.45) is 5.41 Å². The van der Waals surface area contributed by atoms with Crippen LogP contribution < -0.4 is 5.32 Å². The lowest BCUT2D eigenvalue weighted by molar-refractivity contribution is 0.367. The molecule has 19 heavy (non-hydrogen) atoms. The van der Waals surface area contributed by atoms with E-state index in [-0.39, 0.29) is 0 Å². The summed E-state index contributed by atoms with van der Waals surface area (Å²) < 4.78 is 0. The summed E-state index contributed by atoms with van der Waals surface area (Å²) in [7, 11) is 0. The van der Waals surface area contributed by atoms with Crippen molar-refractivity contribution in [1.29, 1.82) is 0 Å². The minimum absolute atomic E-state index is 0.368. The van der Waals surface area contributed by atoms with Crippen molar-refractivity contribution in [2.45, 2.75) is 33.7 Å². The van der Waals surface area contributed by atoms with Crippen LogP contribution in [0.3, 0.4) is 0 Å². The first kappa shape index (κ1) is 14.3. The van der Waals surface area contributed by atoms with Crippen molar-refractivity contribution in [3.63, 3.8) is 0 Å². The highest BCUT2D eigenvalue weighted by molar-refractivity contribution is 6.35. The van der Waals surface area contributed by atoms with Crippen LogP contribution in [-0.2, 0) is 6.54 Å². The van der Waals surface area contributed by atoms with Crippen LogP contribution >= 0.6 is 11.6 Å². The molecule has 102 valence electrons. The van der Waals surface area contributed by atoms with E-state index >= 15 is 0 Å². The molecule has 0 aliphatic heterocycles. The van der Waals surface area contributed by atoms with Crippen LogP contribution in [0, 0.1) is 5.41 Å². The second-order valence-electron chi connectivity index (χ2n) is 6.09. The molecule has 0 aliphatic rings. The molecule has 1 N–H and O–H groups in total. The van der Waals surface area contributed by atoms with Gasteiger partial charge in [0.05, 0.1) is 5.52 Å². The van der Waals surface area contributed by atoms with E-state index in [9.17, 15) is 0 Å². The van der Waals surface area contributed by atoms with E-state index in [1.54, 1.807) is 0 Å². The maximum absolute atomic E-state index is 6.19. The molecule has 0 bridgehead atoms. The molecule has 1 aromatic heterocycles. The van der Waals surface area contributed by atoms with Crippen LogP contribution in [0.15, 0.2) is 30.5 Å². The smallest absolute Gasteiger partial charge is 0.0761 e. The molecular weight excluding hydrogens is 256 g/mol. The van der Waals surface area contributed by atoms with E-state index < -0.39 is 0 Å². The summed E-state index contributed by atoms with van der Waals surface area (Å²) in [4.78, 5) is 4.45. The Bertz CT molecular complexity index is 558. The van der Waals surface area contributed by atoms with Gasteiger partial charge in [-0.3, -0.25) is 4.98 Å². The first-order valence-corrected chi connectivity index (χ1v) is 7.08. The molecule has 1 aromatic carbocycles. The number of halogens is 1. The molecule has 2 nitrogen and oxygen atoms in total. The van der Waals surface area contributed by atoms with Crippen LogP contribution in [-0.4, -0.2) is 11.5 Å². The number of nitrogens with one attached hydrogen (secondary N) is 1. The molecule has 3 heteroatoms. The summed E-state index contributed by atoms with van der Waals surface area (Å²) in [5.41, 5.74) is 2.57. The normalized spacial score (nSPS) is 12.0. The number of hydrogen-bond acceptors (Lipinski definition) is 2. The Morgan fingerprint density at radius 2 is 2.00 bits per heavy atom. The van der Waals surface area contributed by atoms with Gasteiger partial charge in [0.15, 0.2) is 0 Å². The molecule has 2 aromatic rings. The Morgan fingerprint density at radius 1 is 1.21 bits per heavy atom. The van der Waals surface area contributed by atoms with Crippen LogP contribution in [0.1, 0.15) is 32.8 Å². The quantitative estimate of drug-likeness (QED) is 0.837. The van der Waals surface area contributed by atoms with Crippen molar-refractivity contribution >= 4 is 22.5 Å². The molecule has 0 saturated carbocycles. The van der Waals surface area contributed by atoms with E-state index in [2.05, 4.69) is 37.1 Å². The summed E-state index contributed by atoms with van der Waals surface area (Å²) in [6.07, 6.45) is 2.98. The third kappa shape index (κ3) is 3.92. The second-order valence-corrected chi connectivity index (χ2v) is 6.50.